The standard InChI is InChI=1S/C16H20N2O/c1-11-8-15(10-19-11)16(18-17)14-7-6-12-4-2-3-5-13(12)9-14/h2-7,9,11,15-16,18H,8,10,17H2,1H3. The zero-order valence-corrected chi connectivity index (χ0v) is 11.2. The summed E-state index contributed by atoms with van der Waals surface area (Å²) < 4.78 is 5.66. The van der Waals surface area contributed by atoms with Gasteiger partial charge in [0.25, 0.3) is 0 Å². The summed E-state index contributed by atoms with van der Waals surface area (Å²) in [6.45, 7) is 2.90. The average Bonchev–Trinajstić information content (AvgIpc) is 2.86. The zero-order chi connectivity index (χ0) is 13.2. The van der Waals surface area contributed by atoms with E-state index in [0.717, 1.165) is 13.0 Å². The lowest BCUT2D eigenvalue weighted by molar-refractivity contribution is 0.117. The van der Waals surface area contributed by atoms with Crippen molar-refractivity contribution in [1.82, 2.24) is 5.43 Å². The van der Waals surface area contributed by atoms with Crippen LogP contribution in [-0.2, 0) is 4.74 Å². The third-order valence-corrected chi connectivity index (χ3v) is 4.01. The van der Waals surface area contributed by atoms with Gasteiger partial charge in [0.05, 0.1) is 18.8 Å². The molecular formula is C16H20N2O. The molecule has 19 heavy (non-hydrogen) atoms. The summed E-state index contributed by atoms with van der Waals surface area (Å²) >= 11 is 0. The van der Waals surface area contributed by atoms with Gasteiger partial charge in [0.15, 0.2) is 0 Å². The number of hydrogen-bond acceptors (Lipinski definition) is 3. The second-order valence-corrected chi connectivity index (χ2v) is 5.39. The fourth-order valence-corrected chi connectivity index (χ4v) is 2.99. The van der Waals surface area contributed by atoms with Crippen LogP contribution in [0.25, 0.3) is 10.8 Å². The smallest absolute Gasteiger partial charge is 0.0551 e. The van der Waals surface area contributed by atoms with Gasteiger partial charge in [-0.1, -0.05) is 36.4 Å². The predicted molar refractivity (Wildman–Crippen MR) is 77.5 cm³/mol. The van der Waals surface area contributed by atoms with Crippen LogP contribution in [0.15, 0.2) is 42.5 Å². The Labute approximate surface area is 113 Å². The van der Waals surface area contributed by atoms with Crippen molar-refractivity contribution in [3.63, 3.8) is 0 Å². The molecule has 3 rings (SSSR count). The van der Waals surface area contributed by atoms with Gasteiger partial charge < -0.3 is 4.74 Å². The Kier molecular flexibility index (Phi) is 3.51. The molecule has 0 aliphatic carbocycles. The monoisotopic (exact) mass is 256 g/mol. The first-order valence-corrected chi connectivity index (χ1v) is 6.84. The molecule has 3 unspecified atom stereocenters. The molecule has 0 bridgehead atoms. The van der Waals surface area contributed by atoms with Crippen molar-refractivity contribution in [3.05, 3.63) is 48.0 Å². The summed E-state index contributed by atoms with van der Waals surface area (Å²) in [5.41, 5.74) is 4.21. The molecule has 0 spiro atoms. The molecular weight excluding hydrogens is 236 g/mol. The molecule has 3 atom stereocenters. The second-order valence-electron chi connectivity index (χ2n) is 5.39. The van der Waals surface area contributed by atoms with E-state index in [-0.39, 0.29) is 6.04 Å². The lowest BCUT2D eigenvalue weighted by Crippen LogP contribution is -2.34. The maximum atomic E-state index is 5.77. The normalized spacial score (nSPS) is 24.7. The number of fused-ring (bicyclic) bond motifs is 1. The molecule has 3 nitrogen and oxygen atoms in total. The molecule has 1 heterocycles. The highest BCUT2D eigenvalue weighted by molar-refractivity contribution is 5.83. The number of hydrazine groups is 1. The Morgan fingerprint density at radius 1 is 1.21 bits per heavy atom. The molecule has 3 N–H and O–H groups in total. The van der Waals surface area contributed by atoms with Gasteiger partial charge in [-0.3, -0.25) is 11.3 Å². The van der Waals surface area contributed by atoms with Crippen LogP contribution in [0.4, 0.5) is 0 Å². The molecule has 1 fully saturated rings. The van der Waals surface area contributed by atoms with Crippen LogP contribution in [0, 0.1) is 5.92 Å². The third-order valence-electron chi connectivity index (χ3n) is 4.01. The summed E-state index contributed by atoms with van der Waals surface area (Å²) in [6.07, 6.45) is 1.39. The van der Waals surface area contributed by atoms with Crippen LogP contribution in [0.1, 0.15) is 24.9 Å². The SMILES string of the molecule is CC1CC(C(NN)c2ccc3ccccc3c2)CO1. The van der Waals surface area contributed by atoms with Gasteiger partial charge in [0.1, 0.15) is 0 Å². The molecule has 0 saturated carbocycles. The molecule has 2 aromatic carbocycles. The van der Waals surface area contributed by atoms with E-state index in [4.69, 9.17) is 10.6 Å². The molecule has 0 amide bonds. The van der Waals surface area contributed by atoms with Gasteiger partial charge in [-0.05, 0) is 35.7 Å². The highest BCUT2D eigenvalue weighted by atomic mass is 16.5. The van der Waals surface area contributed by atoms with Crippen LogP contribution < -0.4 is 11.3 Å². The number of ether oxygens (including phenoxy) is 1. The van der Waals surface area contributed by atoms with E-state index in [2.05, 4.69) is 54.8 Å². The first kappa shape index (κ1) is 12.6. The molecule has 3 heteroatoms. The van der Waals surface area contributed by atoms with Crippen LogP contribution in [0.3, 0.4) is 0 Å². The summed E-state index contributed by atoms with van der Waals surface area (Å²) in [4.78, 5) is 0. The van der Waals surface area contributed by atoms with Crippen LogP contribution >= 0.6 is 0 Å². The molecule has 2 aromatic rings. The Balaban J connectivity index is 1.92. The minimum Gasteiger partial charge on any atom is -0.378 e. The van der Waals surface area contributed by atoms with E-state index >= 15 is 0 Å². The number of nitrogens with one attached hydrogen (secondary N) is 1. The zero-order valence-electron chi connectivity index (χ0n) is 11.2. The number of nitrogens with two attached hydrogens (primary N) is 1. The minimum absolute atomic E-state index is 0.162. The molecule has 1 aliphatic rings. The summed E-state index contributed by atoms with van der Waals surface area (Å²) in [5.74, 6) is 6.21. The fourth-order valence-electron chi connectivity index (χ4n) is 2.99. The summed E-state index contributed by atoms with van der Waals surface area (Å²) in [7, 11) is 0. The van der Waals surface area contributed by atoms with Gasteiger partial charge >= 0.3 is 0 Å². The average molecular weight is 256 g/mol. The Morgan fingerprint density at radius 2 is 2.00 bits per heavy atom. The van der Waals surface area contributed by atoms with E-state index in [0.29, 0.717) is 12.0 Å². The van der Waals surface area contributed by atoms with E-state index in [1.54, 1.807) is 0 Å². The molecule has 0 radical (unpaired) electrons. The first-order chi connectivity index (χ1) is 9.28. The lowest BCUT2D eigenvalue weighted by atomic mass is 9.90. The molecule has 1 saturated heterocycles. The number of benzene rings is 2. The van der Waals surface area contributed by atoms with Crippen molar-refractivity contribution in [3.8, 4) is 0 Å². The van der Waals surface area contributed by atoms with Crippen LogP contribution in [0.2, 0.25) is 0 Å². The highest BCUT2D eigenvalue weighted by Gasteiger charge is 2.30. The third kappa shape index (κ3) is 2.50. The van der Waals surface area contributed by atoms with E-state index in [9.17, 15) is 0 Å². The Morgan fingerprint density at radius 3 is 2.68 bits per heavy atom. The van der Waals surface area contributed by atoms with Gasteiger partial charge in [-0.2, -0.15) is 0 Å². The molecule has 100 valence electrons. The minimum atomic E-state index is 0.162. The van der Waals surface area contributed by atoms with Gasteiger partial charge in [0, 0.05) is 5.92 Å². The van der Waals surface area contributed by atoms with Crippen molar-refractivity contribution in [1.29, 1.82) is 0 Å². The topological polar surface area (TPSA) is 47.3 Å². The maximum absolute atomic E-state index is 5.77. The Hall–Kier alpha value is -1.42. The van der Waals surface area contributed by atoms with Crippen molar-refractivity contribution >= 4 is 10.8 Å². The van der Waals surface area contributed by atoms with Gasteiger partial charge in [-0.15, -0.1) is 0 Å². The summed E-state index contributed by atoms with van der Waals surface area (Å²) in [6, 6.07) is 15.1. The van der Waals surface area contributed by atoms with E-state index in [1.807, 2.05) is 0 Å². The lowest BCUT2D eigenvalue weighted by Gasteiger charge is -2.22. The maximum Gasteiger partial charge on any atom is 0.0551 e. The largest absolute Gasteiger partial charge is 0.378 e. The van der Waals surface area contributed by atoms with Crippen molar-refractivity contribution in [2.45, 2.75) is 25.5 Å². The number of rotatable bonds is 3. The number of hydrogen-bond donors (Lipinski definition) is 2. The predicted octanol–water partition coefficient (Wildman–Crippen LogP) is 2.77. The van der Waals surface area contributed by atoms with Gasteiger partial charge in [-0.25, -0.2) is 0 Å². The van der Waals surface area contributed by atoms with Crippen molar-refractivity contribution < 1.29 is 4.74 Å². The quantitative estimate of drug-likeness (QED) is 0.655. The van der Waals surface area contributed by atoms with Crippen LogP contribution in [0.5, 0.6) is 0 Å². The molecule has 1 aliphatic heterocycles. The first-order valence-electron chi connectivity index (χ1n) is 6.84. The van der Waals surface area contributed by atoms with E-state index in [1.165, 1.54) is 16.3 Å². The van der Waals surface area contributed by atoms with Crippen molar-refractivity contribution in [2.24, 2.45) is 11.8 Å². The fraction of sp³-hybridized carbons (Fsp3) is 0.375. The van der Waals surface area contributed by atoms with Gasteiger partial charge in [0.2, 0.25) is 0 Å². The Bertz CT molecular complexity index is 569. The second kappa shape index (κ2) is 5.29. The summed E-state index contributed by atoms with van der Waals surface area (Å²) in [5, 5.41) is 2.52. The molecule has 0 aromatic heterocycles. The van der Waals surface area contributed by atoms with Crippen LogP contribution in [-0.4, -0.2) is 12.7 Å². The van der Waals surface area contributed by atoms with E-state index < -0.39 is 0 Å². The highest BCUT2D eigenvalue weighted by Crippen LogP contribution is 2.32. The van der Waals surface area contributed by atoms with Crippen molar-refractivity contribution in [2.75, 3.05) is 6.61 Å².